The molecule has 2 aromatic rings. The molecule has 6 heteroatoms. The zero-order chi connectivity index (χ0) is 20.0. The zero-order valence-corrected chi connectivity index (χ0v) is 16.5. The number of rotatable bonds is 6. The Morgan fingerprint density at radius 1 is 1.21 bits per heavy atom. The second kappa shape index (κ2) is 8.97. The molecule has 0 aliphatic carbocycles. The Morgan fingerprint density at radius 3 is 2.68 bits per heavy atom. The first-order chi connectivity index (χ1) is 13.6. The van der Waals surface area contributed by atoms with Crippen LogP contribution in [0.5, 0.6) is 0 Å². The lowest BCUT2D eigenvalue weighted by atomic mass is 9.87. The van der Waals surface area contributed by atoms with Gasteiger partial charge >= 0.3 is 0 Å². The molecule has 1 saturated heterocycles. The number of carbonyl (C=O) groups is 2. The van der Waals surface area contributed by atoms with E-state index >= 15 is 0 Å². The number of hydrogen-bond donors (Lipinski definition) is 1. The summed E-state index contributed by atoms with van der Waals surface area (Å²) in [6.45, 7) is 3.11. The highest BCUT2D eigenvalue weighted by atomic mass is 16.5. The van der Waals surface area contributed by atoms with E-state index in [1.807, 2.05) is 43.3 Å². The molecule has 6 nitrogen and oxygen atoms in total. The summed E-state index contributed by atoms with van der Waals surface area (Å²) in [5.74, 6) is -0.132. The highest BCUT2D eigenvalue weighted by Crippen LogP contribution is 2.30. The van der Waals surface area contributed by atoms with Crippen LogP contribution in [-0.4, -0.2) is 54.0 Å². The van der Waals surface area contributed by atoms with Crippen molar-refractivity contribution >= 4 is 11.8 Å². The maximum absolute atomic E-state index is 12.9. The molecule has 0 unspecified atom stereocenters. The minimum atomic E-state index is -1.10. The highest BCUT2D eigenvalue weighted by molar-refractivity contribution is 5.87. The fourth-order valence-corrected chi connectivity index (χ4v) is 3.72. The smallest absolute Gasteiger partial charge is 0.254 e. The number of likely N-dealkylation sites (N-methyl/N-ethyl adjacent to an activating group) is 1. The van der Waals surface area contributed by atoms with Crippen molar-refractivity contribution in [1.82, 2.24) is 15.2 Å². The van der Waals surface area contributed by atoms with Gasteiger partial charge in [0.15, 0.2) is 5.60 Å². The molecular formula is C22H27N3O3. The van der Waals surface area contributed by atoms with E-state index in [0.29, 0.717) is 26.0 Å². The third-order valence-electron chi connectivity index (χ3n) is 5.13. The van der Waals surface area contributed by atoms with Gasteiger partial charge in [-0.2, -0.15) is 0 Å². The van der Waals surface area contributed by atoms with Crippen molar-refractivity contribution in [3.8, 4) is 11.1 Å². The zero-order valence-electron chi connectivity index (χ0n) is 16.5. The summed E-state index contributed by atoms with van der Waals surface area (Å²) in [7, 11) is 1.61. The molecule has 1 aromatic heterocycles. The predicted molar refractivity (Wildman–Crippen MR) is 108 cm³/mol. The number of pyridine rings is 1. The van der Waals surface area contributed by atoms with E-state index in [-0.39, 0.29) is 18.4 Å². The minimum absolute atomic E-state index is 0.0708. The molecule has 1 atom stereocenters. The molecule has 1 aliphatic heterocycles. The monoisotopic (exact) mass is 381 g/mol. The van der Waals surface area contributed by atoms with Crippen molar-refractivity contribution in [2.45, 2.75) is 31.8 Å². The number of morpholine rings is 1. The van der Waals surface area contributed by atoms with Crippen molar-refractivity contribution in [2.75, 3.05) is 26.7 Å². The van der Waals surface area contributed by atoms with Crippen LogP contribution in [0.3, 0.4) is 0 Å². The Bertz CT molecular complexity index is 825. The Balaban J connectivity index is 1.94. The van der Waals surface area contributed by atoms with Crippen LogP contribution in [0.4, 0.5) is 0 Å². The van der Waals surface area contributed by atoms with Crippen LogP contribution >= 0.6 is 0 Å². The largest absolute Gasteiger partial charge is 0.361 e. The number of benzene rings is 1. The average Bonchev–Trinajstić information content (AvgIpc) is 2.74. The number of amides is 2. The first-order valence-electron chi connectivity index (χ1n) is 9.72. The maximum Gasteiger partial charge on any atom is 0.254 e. The molecule has 1 N–H and O–H groups in total. The van der Waals surface area contributed by atoms with Gasteiger partial charge in [-0.25, -0.2) is 0 Å². The van der Waals surface area contributed by atoms with Crippen LogP contribution in [0.2, 0.25) is 0 Å². The molecule has 148 valence electrons. The number of ether oxygens (including phenoxy) is 1. The van der Waals surface area contributed by atoms with Gasteiger partial charge in [-0.3, -0.25) is 14.6 Å². The summed E-state index contributed by atoms with van der Waals surface area (Å²) < 4.78 is 6.05. The minimum Gasteiger partial charge on any atom is -0.361 e. The normalized spacial score (nSPS) is 19.3. The molecule has 0 spiro atoms. The lowest BCUT2D eigenvalue weighted by molar-refractivity contribution is -0.165. The van der Waals surface area contributed by atoms with E-state index in [0.717, 1.165) is 23.1 Å². The van der Waals surface area contributed by atoms with Gasteiger partial charge in [0, 0.05) is 38.8 Å². The molecule has 2 heterocycles. The van der Waals surface area contributed by atoms with E-state index in [9.17, 15) is 9.59 Å². The lowest BCUT2D eigenvalue weighted by Crippen LogP contribution is -2.61. The molecule has 3 rings (SSSR count). The first-order valence-corrected chi connectivity index (χ1v) is 9.72. The number of nitrogens with zero attached hydrogens (tertiary/aromatic N) is 2. The Morgan fingerprint density at radius 2 is 1.96 bits per heavy atom. The molecule has 0 bridgehead atoms. The summed E-state index contributed by atoms with van der Waals surface area (Å²) in [6.07, 6.45) is 5.17. The van der Waals surface area contributed by atoms with E-state index in [1.54, 1.807) is 24.3 Å². The van der Waals surface area contributed by atoms with Gasteiger partial charge in [0.25, 0.3) is 5.91 Å². The Labute approximate surface area is 165 Å². The van der Waals surface area contributed by atoms with Crippen molar-refractivity contribution in [3.05, 3.63) is 54.4 Å². The maximum atomic E-state index is 12.9. The van der Waals surface area contributed by atoms with Crippen LogP contribution in [-0.2, 0) is 20.7 Å². The van der Waals surface area contributed by atoms with Crippen molar-refractivity contribution in [2.24, 2.45) is 0 Å². The van der Waals surface area contributed by atoms with E-state index in [2.05, 4.69) is 10.3 Å². The topological polar surface area (TPSA) is 71.5 Å². The van der Waals surface area contributed by atoms with Crippen LogP contribution in [0.15, 0.2) is 48.8 Å². The van der Waals surface area contributed by atoms with Gasteiger partial charge in [-0.15, -0.1) is 0 Å². The predicted octanol–water partition coefficient (Wildman–Crippen LogP) is 2.43. The lowest BCUT2D eigenvalue weighted by Gasteiger charge is -2.41. The quantitative estimate of drug-likeness (QED) is 0.834. The van der Waals surface area contributed by atoms with E-state index in [4.69, 9.17) is 4.74 Å². The first kappa shape index (κ1) is 20.0. The average molecular weight is 381 g/mol. The molecule has 2 amide bonds. The molecule has 1 fully saturated rings. The van der Waals surface area contributed by atoms with Crippen LogP contribution < -0.4 is 5.32 Å². The highest BCUT2D eigenvalue weighted by Gasteiger charge is 2.44. The van der Waals surface area contributed by atoms with Gasteiger partial charge < -0.3 is 15.0 Å². The molecular weight excluding hydrogens is 354 g/mol. The number of aromatic nitrogens is 1. The fourth-order valence-electron chi connectivity index (χ4n) is 3.72. The summed E-state index contributed by atoms with van der Waals surface area (Å²) in [5, 5.41) is 2.73. The Kier molecular flexibility index (Phi) is 6.41. The van der Waals surface area contributed by atoms with E-state index in [1.165, 1.54) is 0 Å². The second-order valence-corrected chi connectivity index (χ2v) is 7.06. The summed E-state index contributed by atoms with van der Waals surface area (Å²) >= 11 is 0. The van der Waals surface area contributed by atoms with Gasteiger partial charge in [0.1, 0.15) is 0 Å². The Hall–Kier alpha value is -2.73. The number of nitrogens with one attached hydrogen (secondary N) is 1. The molecule has 1 aromatic carbocycles. The van der Waals surface area contributed by atoms with Crippen LogP contribution in [0.1, 0.15) is 25.3 Å². The molecule has 0 saturated carbocycles. The second-order valence-electron chi connectivity index (χ2n) is 7.06. The fraction of sp³-hybridized carbons (Fsp3) is 0.409. The van der Waals surface area contributed by atoms with Gasteiger partial charge in [-0.1, -0.05) is 31.2 Å². The third-order valence-corrected chi connectivity index (χ3v) is 5.13. The summed E-state index contributed by atoms with van der Waals surface area (Å²) in [4.78, 5) is 31.2. The summed E-state index contributed by atoms with van der Waals surface area (Å²) in [5.41, 5.74) is 1.97. The number of carbonyl (C=O) groups excluding carboxylic acids is 2. The third kappa shape index (κ3) is 4.22. The van der Waals surface area contributed by atoms with Crippen LogP contribution in [0, 0.1) is 0 Å². The molecule has 28 heavy (non-hydrogen) atoms. The summed E-state index contributed by atoms with van der Waals surface area (Å²) in [6, 6.07) is 11.9. The molecule has 1 aliphatic rings. The molecule has 0 radical (unpaired) electrons. The van der Waals surface area contributed by atoms with Crippen molar-refractivity contribution < 1.29 is 14.3 Å². The van der Waals surface area contributed by atoms with Crippen molar-refractivity contribution in [3.63, 3.8) is 0 Å². The van der Waals surface area contributed by atoms with Crippen molar-refractivity contribution in [1.29, 1.82) is 0 Å². The van der Waals surface area contributed by atoms with Gasteiger partial charge in [0.2, 0.25) is 5.91 Å². The van der Waals surface area contributed by atoms with Crippen LogP contribution in [0.25, 0.3) is 11.1 Å². The standard InChI is InChI=1S/C22H27N3O3/c1-3-6-20(26)25-13-14-28-22(16-25,21(27)23-2)15-18-7-4-5-8-19(18)17-9-11-24-12-10-17/h4-5,7-12H,3,6,13-16H2,1-2H3,(H,23,27)/t22-/m0/s1. The van der Waals surface area contributed by atoms with Gasteiger partial charge in [-0.05, 0) is 35.2 Å². The SMILES string of the molecule is CCCC(=O)N1CCO[C@](Cc2ccccc2-c2ccncc2)(C(=O)NC)C1. The van der Waals surface area contributed by atoms with Gasteiger partial charge in [0.05, 0.1) is 13.2 Å². The number of hydrogen-bond acceptors (Lipinski definition) is 4. The van der Waals surface area contributed by atoms with E-state index < -0.39 is 5.60 Å².